The summed E-state index contributed by atoms with van der Waals surface area (Å²) in [5.74, 6) is 1.08. The summed E-state index contributed by atoms with van der Waals surface area (Å²) in [7, 11) is 0. The summed E-state index contributed by atoms with van der Waals surface area (Å²) in [6.45, 7) is 3.60. The van der Waals surface area contributed by atoms with Gasteiger partial charge in [-0.3, -0.25) is 9.59 Å². The van der Waals surface area contributed by atoms with Gasteiger partial charge < -0.3 is 19.9 Å². The molecule has 0 spiro atoms. The Bertz CT molecular complexity index is 911. The number of hydrogen-bond acceptors (Lipinski definition) is 5. The van der Waals surface area contributed by atoms with E-state index in [1.807, 2.05) is 65.6 Å². The quantitative estimate of drug-likeness (QED) is 0.535. The fourth-order valence-corrected chi connectivity index (χ4v) is 4.30. The molecule has 2 unspecified atom stereocenters. The average molecular weight is 435 g/mol. The third-order valence-electron chi connectivity index (χ3n) is 6.06. The standard InChI is InChI=1S/C25H30N4O3/c30-24(27-14-19-32-20-8-2-1-3-9-20)21-10-4-5-11-22(21)25(31)29-17-15-28(16-18-29)23-12-6-7-13-26-23/h1-9,12-13,21-22H,10-11,14-19H2,(H,27,30). The zero-order valence-electron chi connectivity index (χ0n) is 18.2. The molecule has 0 saturated carbocycles. The number of aromatic nitrogens is 1. The summed E-state index contributed by atoms with van der Waals surface area (Å²) in [5, 5.41) is 2.95. The van der Waals surface area contributed by atoms with E-state index in [-0.39, 0.29) is 23.7 Å². The van der Waals surface area contributed by atoms with E-state index < -0.39 is 0 Å². The summed E-state index contributed by atoms with van der Waals surface area (Å²) in [6, 6.07) is 15.4. The minimum Gasteiger partial charge on any atom is -0.492 e. The molecule has 2 amide bonds. The van der Waals surface area contributed by atoms with Gasteiger partial charge in [-0.05, 0) is 37.1 Å². The average Bonchev–Trinajstić information content (AvgIpc) is 2.87. The molecule has 0 radical (unpaired) electrons. The third-order valence-corrected chi connectivity index (χ3v) is 6.06. The first-order chi connectivity index (χ1) is 15.7. The second kappa shape index (κ2) is 10.8. The Hall–Kier alpha value is -3.35. The third kappa shape index (κ3) is 5.46. The van der Waals surface area contributed by atoms with Gasteiger partial charge in [0.2, 0.25) is 11.8 Å². The minimum absolute atomic E-state index is 0.0727. The molecule has 1 fully saturated rings. The number of carbonyl (C=O) groups excluding carboxylic acids is 2. The van der Waals surface area contributed by atoms with E-state index in [4.69, 9.17) is 4.74 Å². The van der Waals surface area contributed by atoms with Gasteiger partial charge >= 0.3 is 0 Å². The number of allylic oxidation sites excluding steroid dienone is 2. The lowest BCUT2D eigenvalue weighted by Gasteiger charge is -2.38. The maximum Gasteiger partial charge on any atom is 0.226 e. The van der Waals surface area contributed by atoms with Crippen molar-refractivity contribution in [1.82, 2.24) is 15.2 Å². The number of nitrogens with zero attached hydrogens (tertiary/aromatic N) is 3. The van der Waals surface area contributed by atoms with Gasteiger partial charge in [-0.2, -0.15) is 0 Å². The monoisotopic (exact) mass is 434 g/mol. The van der Waals surface area contributed by atoms with Crippen LogP contribution in [0.1, 0.15) is 12.8 Å². The number of para-hydroxylation sites is 1. The van der Waals surface area contributed by atoms with E-state index in [2.05, 4.69) is 15.2 Å². The van der Waals surface area contributed by atoms with Crippen LogP contribution in [-0.4, -0.2) is 61.0 Å². The van der Waals surface area contributed by atoms with Crippen LogP contribution in [0.15, 0.2) is 66.9 Å². The molecule has 2 aliphatic rings. The highest BCUT2D eigenvalue weighted by Crippen LogP contribution is 2.28. The fourth-order valence-electron chi connectivity index (χ4n) is 4.30. The molecule has 168 valence electrons. The molecule has 2 atom stereocenters. The zero-order chi connectivity index (χ0) is 22.2. The first kappa shape index (κ1) is 21.9. The highest BCUT2D eigenvalue weighted by atomic mass is 16.5. The van der Waals surface area contributed by atoms with Gasteiger partial charge in [0.25, 0.3) is 0 Å². The van der Waals surface area contributed by atoms with Gasteiger partial charge in [-0.25, -0.2) is 4.98 Å². The van der Waals surface area contributed by atoms with Gasteiger partial charge in [-0.1, -0.05) is 36.4 Å². The minimum atomic E-state index is -0.335. The number of carbonyl (C=O) groups is 2. The van der Waals surface area contributed by atoms with Crippen molar-refractivity contribution in [1.29, 1.82) is 0 Å². The lowest BCUT2D eigenvalue weighted by molar-refractivity contribution is -0.142. The number of piperazine rings is 1. The van der Waals surface area contributed by atoms with Crippen LogP contribution in [0.2, 0.25) is 0 Å². The van der Waals surface area contributed by atoms with Crippen molar-refractivity contribution < 1.29 is 14.3 Å². The van der Waals surface area contributed by atoms with Crippen LogP contribution in [0, 0.1) is 11.8 Å². The van der Waals surface area contributed by atoms with Crippen molar-refractivity contribution in [2.45, 2.75) is 12.8 Å². The number of rotatable bonds is 7. The van der Waals surface area contributed by atoms with E-state index in [0.717, 1.165) is 24.7 Å². The second-order valence-corrected chi connectivity index (χ2v) is 8.11. The number of hydrogen-bond donors (Lipinski definition) is 1. The number of anilines is 1. The Balaban J connectivity index is 1.27. The number of nitrogens with one attached hydrogen (secondary N) is 1. The molecule has 1 aliphatic carbocycles. The van der Waals surface area contributed by atoms with E-state index >= 15 is 0 Å². The summed E-state index contributed by atoms with van der Waals surface area (Å²) >= 11 is 0. The summed E-state index contributed by atoms with van der Waals surface area (Å²) in [5.41, 5.74) is 0. The van der Waals surface area contributed by atoms with E-state index in [1.54, 1.807) is 6.20 Å². The van der Waals surface area contributed by atoms with Crippen LogP contribution < -0.4 is 15.0 Å². The van der Waals surface area contributed by atoms with Crippen LogP contribution in [0.25, 0.3) is 0 Å². The number of benzene rings is 1. The number of amides is 2. The Kier molecular flexibility index (Phi) is 7.38. The molecule has 32 heavy (non-hydrogen) atoms. The topological polar surface area (TPSA) is 74.8 Å². The maximum absolute atomic E-state index is 13.3. The molecule has 1 aromatic carbocycles. The summed E-state index contributed by atoms with van der Waals surface area (Å²) in [4.78, 5) is 34.6. The van der Waals surface area contributed by atoms with Gasteiger partial charge in [-0.15, -0.1) is 0 Å². The van der Waals surface area contributed by atoms with E-state index in [1.165, 1.54) is 0 Å². The molecular formula is C25H30N4O3. The molecule has 1 saturated heterocycles. The Morgan fingerprint density at radius 3 is 2.38 bits per heavy atom. The first-order valence-corrected chi connectivity index (χ1v) is 11.3. The van der Waals surface area contributed by atoms with E-state index in [0.29, 0.717) is 39.1 Å². The largest absolute Gasteiger partial charge is 0.492 e. The van der Waals surface area contributed by atoms with Crippen molar-refractivity contribution in [3.63, 3.8) is 0 Å². The Morgan fingerprint density at radius 2 is 1.66 bits per heavy atom. The normalized spacial score (nSPS) is 20.6. The summed E-state index contributed by atoms with van der Waals surface area (Å²) in [6.07, 6.45) is 7.02. The Labute approximate surface area is 189 Å². The molecule has 7 nitrogen and oxygen atoms in total. The SMILES string of the molecule is O=C(NCCOc1ccccc1)C1CC=CCC1C(=O)N1CCN(c2ccccn2)CC1. The van der Waals surface area contributed by atoms with Crippen molar-refractivity contribution >= 4 is 17.6 Å². The number of pyridine rings is 1. The molecule has 1 N–H and O–H groups in total. The number of ether oxygens (including phenoxy) is 1. The highest BCUT2D eigenvalue weighted by molar-refractivity contribution is 5.88. The molecule has 1 aliphatic heterocycles. The second-order valence-electron chi connectivity index (χ2n) is 8.11. The Morgan fingerprint density at radius 1 is 0.938 bits per heavy atom. The van der Waals surface area contributed by atoms with E-state index in [9.17, 15) is 9.59 Å². The fraction of sp³-hybridized carbons (Fsp3) is 0.400. The maximum atomic E-state index is 13.3. The van der Waals surface area contributed by atoms with Crippen molar-refractivity contribution in [3.05, 3.63) is 66.9 Å². The van der Waals surface area contributed by atoms with Crippen LogP contribution in [0.3, 0.4) is 0 Å². The molecule has 0 bridgehead atoms. The molecule has 4 rings (SSSR count). The van der Waals surface area contributed by atoms with Gasteiger partial charge in [0.1, 0.15) is 18.2 Å². The predicted molar refractivity (Wildman–Crippen MR) is 123 cm³/mol. The van der Waals surface area contributed by atoms with Crippen molar-refractivity contribution in [2.24, 2.45) is 11.8 Å². The van der Waals surface area contributed by atoms with Crippen LogP contribution in [-0.2, 0) is 9.59 Å². The lowest BCUT2D eigenvalue weighted by Crippen LogP contribution is -2.52. The molecule has 2 heterocycles. The van der Waals surface area contributed by atoms with Gasteiger partial charge in [0, 0.05) is 32.4 Å². The smallest absolute Gasteiger partial charge is 0.226 e. The van der Waals surface area contributed by atoms with Crippen molar-refractivity contribution in [2.75, 3.05) is 44.2 Å². The lowest BCUT2D eigenvalue weighted by atomic mass is 9.81. The van der Waals surface area contributed by atoms with Crippen LogP contribution in [0.4, 0.5) is 5.82 Å². The zero-order valence-corrected chi connectivity index (χ0v) is 18.2. The van der Waals surface area contributed by atoms with Crippen molar-refractivity contribution in [3.8, 4) is 5.75 Å². The van der Waals surface area contributed by atoms with Gasteiger partial charge in [0.05, 0.1) is 18.4 Å². The van der Waals surface area contributed by atoms with Gasteiger partial charge in [0.15, 0.2) is 0 Å². The molecule has 7 heteroatoms. The molecule has 2 aromatic rings. The molecular weight excluding hydrogens is 404 g/mol. The summed E-state index contributed by atoms with van der Waals surface area (Å²) < 4.78 is 5.65. The first-order valence-electron chi connectivity index (χ1n) is 11.3. The highest BCUT2D eigenvalue weighted by Gasteiger charge is 2.37. The van der Waals surface area contributed by atoms with Crippen LogP contribution in [0.5, 0.6) is 5.75 Å². The predicted octanol–water partition coefficient (Wildman–Crippen LogP) is 2.51. The molecule has 1 aromatic heterocycles. The van der Waals surface area contributed by atoms with Crippen LogP contribution >= 0.6 is 0 Å².